The Hall–Kier alpha value is -0.980. The second-order valence-corrected chi connectivity index (χ2v) is 4.66. The summed E-state index contributed by atoms with van der Waals surface area (Å²) in [5.74, 6) is 0.556. The van der Waals surface area contributed by atoms with Crippen molar-refractivity contribution in [1.82, 2.24) is 10.2 Å². The van der Waals surface area contributed by atoms with Crippen LogP contribution in [0.2, 0.25) is 0 Å². The fraction of sp³-hybridized carbons (Fsp3) is 0.909. The molecule has 1 aliphatic rings. The van der Waals surface area contributed by atoms with Gasteiger partial charge in [-0.2, -0.15) is 13.2 Å². The quantitative estimate of drug-likeness (QED) is 0.580. The fourth-order valence-electron chi connectivity index (χ4n) is 2.00. The lowest BCUT2D eigenvalue weighted by molar-refractivity contribution is -0.143. The Bertz CT molecular complexity index is 278. The molecule has 0 bridgehead atoms. The van der Waals surface area contributed by atoms with E-state index >= 15 is 0 Å². The van der Waals surface area contributed by atoms with Crippen LogP contribution < -0.4 is 11.1 Å². The Labute approximate surface area is 105 Å². The van der Waals surface area contributed by atoms with Crippen LogP contribution in [0.1, 0.15) is 19.8 Å². The number of nitrogens with two attached hydrogens (primary N) is 1. The van der Waals surface area contributed by atoms with Crippen molar-refractivity contribution in [3.8, 4) is 0 Å². The summed E-state index contributed by atoms with van der Waals surface area (Å²) in [5, 5.41) is 2.94. The summed E-state index contributed by atoms with van der Waals surface area (Å²) in [7, 11) is 0. The van der Waals surface area contributed by atoms with Gasteiger partial charge in [-0.15, -0.1) is 0 Å². The number of likely N-dealkylation sites (tertiary alicyclic amines) is 1. The second-order valence-electron chi connectivity index (χ2n) is 4.66. The van der Waals surface area contributed by atoms with E-state index in [1.165, 1.54) is 4.90 Å². The van der Waals surface area contributed by atoms with Gasteiger partial charge in [-0.3, -0.25) is 9.89 Å². The van der Waals surface area contributed by atoms with Crippen LogP contribution in [0.5, 0.6) is 0 Å². The van der Waals surface area contributed by atoms with Crippen LogP contribution in [0.25, 0.3) is 0 Å². The standard InChI is InChI=1S/C11H21F3N4/c1-2-4-16-10(15)17-6-9-3-5-18(7-9)8-11(12,13)14/h9H,2-8H2,1H3,(H3,15,16,17). The van der Waals surface area contributed by atoms with Crippen molar-refractivity contribution in [3.05, 3.63) is 0 Å². The van der Waals surface area contributed by atoms with Crippen molar-refractivity contribution in [2.45, 2.75) is 25.9 Å². The minimum atomic E-state index is -4.11. The number of nitrogens with zero attached hydrogens (tertiary/aromatic N) is 2. The highest BCUT2D eigenvalue weighted by Gasteiger charge is 2.34. The molecule has 0 aromatic heterocycles. The number of aliphatic imine (C=N–C) groups is 1. The SMILES string of the molecule is CCCNC(N)=NCC1CCN(CC(F)(F)F)C1. The third-order valence-corrected chi connectivity index (χ3v) is 2.85. The van der Waals surface area contributed by atoms with Gasteiger partial charge in [0.1, 0.15) is 0 Å². The first-order valence-electron chi connectivity index (χ1n) is 6.23. The summed E-state index contributed by atoms with van der Waals surface area (Å²) in [6.07, 6.45) is -2.40. The topological polar surface area (TPSA) is 53.6 Å². The molecule has 0 radical (unpaired) electrons. The maximum atomic E-state index is 12.2. The van der Waals surface area contributed by atoms with Crippen LogP contribution in [0.15, 0.2) is 4.99 Å². The normalized spacial score (nSPS) is 22.4. The minimum absolute atomic E-state index is 0.175. The van der Waals surface area contributed by atoms with Crippen molar-refractivity contribution < 1.29 is 13.2 Å². The fourth-order valence-corrected chi connectivity index (χ4v) is 2.00. The molecule has 1 rings (SSSR count). The van der Waals surface area contributed by atoms with E-state index < -0.39 is 12.7 Å². The van der Waals surface area contributed by atoms with Crippen molar-refractivity contribution in [2.75, 3.05) is 32.7 Å². The Morgan fingerprint density at radius 1 is 1.50 bits per heavy atom. The predicted molar refractivity (Wildman–Crippen MR) is 65.4 cm³/mol. The van der Waals surface area contributed by atoms with Gasteiger partial charge < -0.3 is 11.1 Å². The van der Waals surface area contributed by atoms with Crippen LogP contribution >= 0.6 is 0 Å². The van der Waals surface area contributed by atoms with Crippen molar-refractivity contribution in [1.29, 1.82) is 0 Å². The zero-order chi connectivity index (χ0) is 13.6. The van der Waals surface area contributed by atoms with Gasteiger partial charge in [-0.1, -0.05) is 6.92 Å². The lowest BCUT2D eigenvalue weighted by Gasteiger charge is -2.17. The zero-order valence-electron chi connectivity index (χ0n) is 10.6. The third kappa shape index (κ3) is 6.09. The first-order chi connectivity index (χ1) is 8.40. The molecule has 3 N–H and O–H groups in total. The molecule has 0 spiro atoms. The molecule has 1 unspecified atom stereocenters. The van der Waals surface area contributed by atoms with E-state index in [1.54, 1.807) is 0 Å². The number of hydrogen-bond acceptors (Lipinski definition) is 2. The van der Waals surface area contributed by atoms with E-state index in [1.807, 2.05) is 6.92 Å². The number of rotatable bonds is 5. The monoisotopic (exact) mass is 266 g/mol. The molecule has 0 saturated carbocycles. The van der Waals surface area contributed by atoms with Gasteiger partial charge >= 0.3 is 6.18 Å². The highest BCUT2D eigenvalue weighted by Crippen LogP contribution is 2.22. The molecule has 1 atom stereocenters. The molecule has 4 nitrogen and oxygen atoms in total. The number of guanidine groups is 1. The van der Waals surface area contributed by atoms with E-state index in [-0.39, 0.29) is 5.92 Å². The number of hydrogen-bond donors (Lipinski definition) is 2. The molecular weight excluding hydrogens is 245 g/mol. The molecule has 1 aliphatic heterocycles. The Balaban J connectivity index is 2.26. The summed E-state index contributed by atoms with van der Waals surface area (Å²) in [6, 6.07) is 0. The van der Waals surface area contributed by atoms with Crippen molar-refractivity contribution in [3.63, 3.8) is 0 Å². The first kappa shape index (κ1) is 15.1. The number of alkyl halides is 3. The highest BCUT2D eigenvalue weighted by atomic mass is 19.4. The first-order valence-corrected chi connectivity index (χ1v) is 6.23. The summed E-state index contributed by atoms with van der Waals surface area (Å²) >= 11 is 0. The van der Waals surface area contributed by atoms with E-state index in [9.17, 15) is 13.2 Å². The minimum Gasteiger partial charge on any atom is -0.370 e. The summed E-state index contributed by atoms with van der Waals surface area (Å²) in [4.78, 5) is 5.58. The molecule has 1 heterocycles. The van der Waals surface area contributed by atoms with Gasteiger partial charge in [-0.25, -0.2) is 0 Å². The van der Waals surface area contributed by atoms with E-state index in [4.69, 9.17) is 5.73 Å². The number of halogens is 3. The maximum absolute atomic E-state index is 12.2. The van der Waals surface area contributed by atoms with Gasteiger partial charge in [0.05, 0.1) is 6.54 Å². The third-order valence-electron chi connectivity index (χ3n) is 2.85. The summed E-state index contributed by atoms with van der Waals surface area (Å²) in [5.41, 5.74) is 5.62. The molecule has 0 aromatic carbocycles. The average Bonchev–Trinajstić information content (AvgIpc) is 2.68. The van der Waals surface area contributed by atoms with Crippen LogP contribution in [0.4, 0.5) is 13.2 Å². The lowest BCUT2D eigenvalue weighted by atomic mass is 10.1. The van der Waals surface area contributed by atoms with Gasteiger partial charge in [0, 0.05) is 19.6 Å². The molecule has 1 saturated heterocycles. The van der Waals surface area contributed by atoms with Crippen LogP contribution in [0, 0.1) is 5.92 Å². The van der Waals surface area contributed by atoms with Gasteiger partial charge in [0.25, 0.3) is 0 Å². The Morgan fingerprint density at radius 2 is 2.22 bits per heavy atom. The second kappa shape index (κ2) is 6.82. The smallest absolute Gasteiger partial charge is 0.370 e. The molecule has 18 heavy (non-hydrogen) atoms. The van der Waals surface area contributed by atoms with Gasteiger partial charge in [0.15, 0.2) is 5.96 Å². The van der Waals surface area contributed by atoms with Crippen LogP contribution in [0.3, 0.4) is 0 Å². The summed E-state index contributed by atoms with van der Waals surface area (Å²) < 4.78 is 36.6. The van der Waals surface area contributed by atoms with Gasteiger partial charge in [-0.05, 0) is 25.3 Å². The highest BCUT2D eigenvalue weighted by molar-refractivity contribution is 5.77. The number of nitrogens with one attached hydrogen (secondary N) is 1. The average molecular weight is 266 g/mol. The van der Waals surface area contributed by atoms with Crippen molar-refractivity contribution >= 4 is 5.96 Å². The van der Waals surface area contributed by atoms with E-state index in [0.717, 1.165) is 19.4 Å². The molecule has 0 aliphatic carbocycles. The van der Waals surface area contributed by atoms with Gasteiger partial charge in [0.2, 0.25) is 0 Å². The molecular formula is C11H21F3N4. The van der Waals surface area contributed by atoms with E-state index in [0.29, 0.717) is 25.6 Å². The molecule has 0 amide bonds. The molecule has 106 valence electrons. The maximum Gasteiger partial charge on any atom is 0.401 e. The largest absolute Gasteiger partial charge is 0.401 e. The van der Waals surface area contributed by atoms with E-state index in [2.05, 4.69) is 10.3 Å². The molecule has 7 heteroatoms. The lowest BCUT2D eigenvalue weighted by Crippen LogP contribution is -2.34. The predicted octanol–water partition coefficient (Wildman–Crippen LogP) is 1.18. The molecule has 1 fully saturated rings. The van der Waals surface area contributed by atoms with Crippen LogP contribution in [-0.4, -0.2) is 49.8 Å². The Kier molecular flexibility index (Phi) is 5.71. The van der Waals surface area contributed by atoms with Crippen LogP contribution in [-0.2, 0) is 0 Å². The Morgan fingerprint density at radius 3 is 2.83 bits per heavy atom. The van der Waals surface area contributed by atoms with Crippen molar-refractivity contribution in [2.24, 2.45) is 16.6 Å². The summed E-state index contributed by atoms with van der Waals surface area (Å²) in [6.45, 7) is 3.40. The zero-order valence-corrected chi connectivity index (χ0v) is 10.6. The molecule has 0 aromatic rings.